The molecule has 2 aromatic carbocycles. The van der Waals surface area contributed by atoms with E-state index in [4.69, 9.17) is 5.21 Å². The maximum atomic E-state index is 12.7. The second-order valence-corrected chi connectivity index (χ2v) is 5.28. The zero-order chi connectivity index (χ0) is 15.3. The van der Waals surface area contributed by atoms with Gasteiger partial charge < -0.3 is 5.21 Å². The highest BCUT2D eigenvalue weighted by atomic mass is 32.2. The van der Waals surface area contributed by atoms with Crippen molar-refractivity contribution in [2.75, 3.05) is 5.75 Å². The fraction of sp³-hybridized carbons (Fsp3) is 0.133. The Labute approximate surface area is 124 Å². The minimum absolute atomic E-state index is 0.204. The van der Waals surface area contributed by atoms with Crippen LogP contribution in [0.5, 0.6) is 0 Å². The number of halogens is 3. The summed E-state index contributed by atoms with van der Waals surface area (Å²) < 4.78 is 38.0. The highest BCUT2D eigenvalue weighted by Crippen LogP contribution is 2.30. The molecule has 0 spiro atoms. The van der Waals surface area contributed by atoms with Crippen LogP contribution in [0.2, 0.25) is 0 Å². The molecule has 0 atom stereocenters. The van der Waals surface area contributed by atoms with E-state index in [1.807, 2.05) is 30.3 Å². The summed E-state index contributed by atoms with van der Waals surface area (Å²) in [5.41, 5.74) is -0.295. The lowest BCUT2D eigenvalue weighted by molar-refractivity contribution is -0.137. The van der Waals surface area contributed by atoms with Gasteiger partial charge in [-0.1, -0.05) is 35.5 Å². The number of rotatable bonds is 4. The van der Waals surface area contributed by atoms with E-state index in [1.54, 1.807) is 0 Å². The summed E-state index contributed by atoms with van der Waals surface area (Å²) in [6, 6.07) is 14.1. The van der Waals surface area contributed by atoms with Gasteiger partial charge in [0.2, 0.25) is 0 Å². The summed E-state index contributed by atoms with van der Waals surface area (Å²) in [5, 5.41) is 12.2. The molecule has 110 valence electrons. The van der Waals surface area contributed by atoms with Gasteiger partial charge in [0.1, 0.15) is 0 Å². The molecule has 0 unspecified atom stereocenters. The number of alkyl halides is 3. The predicted octanol–water partition coefficient (Wildman–Crippen LogP) is 4.68. The fourth-order valence-corrected chi connectivity index (χ4v) is 2.59. The number of hydrogen-bond acceptors (Lipinski definition) is 3. The van der Waals surface area contributed by atoms with Crippen molar-refractivity contribution >= 4 is 17.5 Å². The van der Waals surface area contributed by atoms with Crippen LogP contribution >= 0.6 is 11.8 Å². The highest BCUT2D eigenvalue weighted by molar-refractivity contribution is 8.00. The van der Waals surface area contributed by atoms with Crippen LogP contribution in [0.4, 0.5) is 13.2 Å². The second kappa shape index (κ2) is 6.67. The third-order valence-electron chi connectivity index (χ3n) is 2.76. The topological polar surface area (TPSA) is 32.6 Å². The van der Waals surface area contributed by atoms with E-state index in [0.717, 1.165) is 17.0 Å². The summed E-state index contributed by atoms with van der Waals surface area (Å²) in [4.78, 5) is 0.950. The van der Waals surface area contributed by atoms with Gasteiger partial charge in [-0.15, -0.1) is 11.8 Å². The predicted molar refractivity (Wildman–Crippen MR) is 76.9 cm³/mol. The number of oxime groups is 1. The first-order chi connectivity index (χ1) is 10.0. The monoisotopic (exact) mass is 311 g/mol. The Morgan fingerprint density at radius 1 is 1.05 bits per heavy atom. The van der Waals surface area contributed by atoms with Crippen molar-refractivity contribution in [3.05, 3.63) is 65.7 Å². The first kappa shape index (κ1) is 15.4. The van der Waals surface area contributed by atoms with E-state index < -0.39 is 11.7 Å². The molecule has 0 saturated heterocycles. The Kier molecular flexibility index (Phi) is 4.90. The number of thioether (sulfide) groups is 1. The molecule has 1 N–H and O–H groups in total. The van der Waals surface area contributed by atoms with E-state index in [9.17, 15) is 13.2 Å². The summed E-state index contributed by atoms with van der Waals surface area (Å²) >= 11 is 1.39. The number of nitrogens with zero attached hydrogens (tertiary/aromatic N) is 1. The van der Waals surface area contributed by atoms with Crippen molar-refractivity contribution in [1.29, 1.82) is 0 Å². The number of hydrogen-bond donors (Lipinski definition) is 1. The molecule has 0 fully saturated rings. The lowest BCUT2D eigenvalue weighted by Gasteiger charge is -2.09. The van der Waals surface area contributed by atoms with Gasteiger partial charge in [-0.25, -0.2) is 0 Å². The fourth-order valence-electron chi connectivity index (χ4n) is 1.71. The summed E-state index contributed by atoms with van der Waals surface area (Å²) in [5.74, 6) is 0.280. The molecule has 2 nitrogen and oxygen atoms in total. The lowest BCUT2D eigenvalue weighted by atomic mass is 10.1. The van der Waals surface area contributed by atoms with E-state index in [1.165, 1.54) is 23.9 Å². The van der Waals surface area contributed by atoms with Gasteiger partial charge in [-0.2, -0.15) is 13.2 Å². The van der Waals surface area contributed by atoms with Crippen molar-refractivity contribution in [3.63, 3.8) is 0 Å². The van der Waals surface area contributed by atoms with Crippen molar-refractivity contribution < 1.29 is 18.4 Å². The Bertz CT molecular complexity index is 626. The molecular weight excluding hydrogens is 299 g/mol. The largest absolute Gasteiger partial charge is 0.416 e. The van der Waals surface area contributed by atoms with E-state index in [-0.39, 0.29) is 17.0 Å². The number of benzene rings is 2. The highest BCUT2D eigenvalue weighted by Gasteiger charge is 2.30. The summed E-state index contributed by atoms with van der Waals surface area (Å²) in [6.07, 6.45) is -4.41. The first-order valence-electron chi connectivity index (χ1n) is 6.07. The molecule has 0 heterocycles. The van der Waals surface area contributed by atoms with Crippen LogP contribution in [0.15, 0.2) is 64.6 Å². The molecular formula is C15H12F3NOS. The van der Waals surface area contributed by atoms with E-state index >= 15 is 0 Å². The molecule has 6 heteroatoms. The normalized spacial score (nSPS) is 12.4. The molecule has 0 bridgehead atoms. The van der Waals surface area contributed by atoms with Gasteiger partial charge in [-0.3, -0.25) is 0 Å². The summed E-state index contributed by atoms with van der Waals surface area (Å²) in [6.45, 7) is 0. The van der Waals surface area contributed by atoms with Crippen LogP contribution in [-0.2, 0) is 6.18 Å². The molecule has 0 aliphatic rings. The average Bonchev–Trinajstić information content (AvgIpc) is 2.48. The molecule has 0 aliphatic carbocycles. The van der Waals surface area contributed by atoms with Crippen LogP contribution in [0.25, 0.3) is 0 Å². The molecule has 2 aromatic rings. The first-order valence-corrected chi connectivity index (χ1v) is 7.05. The van der Waals surface area contributed by atoms with Crippen molar-refractivity contribution in [2.45, 2.75) is 11.1 Å². The van der Waals surface area contributed by atoms with Crippen molar-refractivity contribution in [1.82, 2.24) is 0 Å². The van der Waals surface area contributed by atoms with Crippen LogP contribution in [0.1, 0.15) is 11.1 Å². The third kappa shape index (κ3) is 4.26. The van der Waals surface area contributed by atoms with Gasteiger partial charge in [0.25, 0.3) is 0 Å². The molecule has 0 saturated carbocycles. The zero-order valence-corrected chi connectivity index (χ0v) is 11.7. The third-order valence-corrected chi connectivity index (χ3v) is 3.79. The van der Waals surface area contributed by atoms with E-state index in [2.05, 4.69) is 5.16 Å². The molecule has 0 amide bonds. The Morgan fingerprint density at radius 3 is 2.38 bits per heavy atom. The minimum atomic E-state index is -4.41. The van der Waals surface area contributed by atoms with Crippen molar-refractivity contribution in [2.24, 2.45) is 5.16 Å². The van der Waals surface area contributed by atoms with Gasteiger partial charge in [0.05, 0.1) is 11.3 Å². The van der Waals surface area contributed by atoms with E-state index in [0.29, 0.717) is 0 Å². The van der Waals surface area contributed by atoms with Crippen LogP contribution in [0.3, 0.4) is 0 Å². The minimum Gasteiger partial charge on any atom is -0.411 e. The standard InChI is InChI=1S/C15H12F3NOS/c16-15(17,18)12-6-4-5-11(9-12)14(19-20)10-21-13-7-2-1-3-8-13/h1-9,20H,10H2/b19-14-. The van der Waals surface area contributed by atoms with Gasteiger partial charge in [0, 0.05) is 16.2 Å². The molecule has 2 rings (SSSR count). The van der Waals surface area contributed by atoms with Crippen LogP contribution < -0.4 is 0 Å². The summed E-state index contributed by atoms with van der Waals surface area (Å²) in [7, 11) is 0. The second-order valence-electron chi connectivity index (χ2n) is 4.23. The SMILES string of the molecule is O/N=C(/CSc1ccccc1)c1cccc(C(F)(F)F)c1. The maximum absolute atomic E-state index is 12.7. The van der Waals surface area contributed by atoms with Gasteiger partial charge >= 0.3 is 6.18 Å². The molecule has 0 aliphatic heterocycles. The Morgan fingerprint density at radius 2 is 1.76 bits per heavy atom. The lowest BCUT2D eigenvalue weighted by Crippen LogP contribution is -2.09. The van der Waals surface area contributed by atoms with Crippen LogP contribution in [0, 0.1) is 0 Å². The molecule has 0 radical (unpaired) electrons. The van der Waals surface area contributed by atoms with Crippen molar-refractivity contribution in [3.8, 4) is 0 Å². The van der Waals surface area contributed by atoms with Crippen LogP contribution in [-0.4, -0.2) is 16.7 Å². The Hall–Kier alpha value is -1.95. The molecule has 0 aromatic heterocycles. The zero-order valence-electron chi connectivity index (χ0n) is 10.8. The maximum Gasteiger partial charge on any atom is 0.416 e. The Balaban J connectivity index is 2.15. The molecule has 21 heavy (non-hydrogen) atoms. The quantitative estimate of drug-likeness (QED) is 0.385. The smallest absolute Gasteiger partial charge is 0.411 e. The van der Waals surface area contributed by atoms with Gasteiger partial charge in [-0.05, 0) is 24.3 Å². The average molecular weight is 311 g/mol. The van der Waals surface area contributed by atoms with Gasteiger partial charge in [0.15, 0.2) is 0 Å².